The minimum absolute atomic E-state index is 0.559. The Morgan fingerprint density at radius 3 is 2.75 bits per heavy atom. The van der Waals surface area contributed by atoms with E-state index in [0.717, 1.165) is 6.42 Å². The van der Waals surface area contributed by atoms with Gasteiger partial charge in [-0.2, -0.15) is 5.10 Å². The Bertz CT molecular complexity index is 514. The molecule has 7 heteroatoms. The first-order valence-corrected chi connectivity index (χ1v) is 6.02. The fraction of sp³-hybridized carbons (Fsp3) is 0.308. The minimum Gasteiger partial charge on any atom is -0.493 e. The van der Waals surface area contributed by atoms with Gasteiger partial charge in [0.25, 0.3) is 0 Å². The largest absolute Gasteiger partial charge is 0.493 e. The number of carbonyl (C=O) groups excluding carboxylic acids is 2. The molecule has 0 radical (unpaired) electrons. The zero-order valence-electron chi connectivity index (χ0n) is 11.4. The second kappa shape index (κ2) is 7.78. The van der Waals surface area contributed by atoms with Gasteiger partial charge in [0.1, 0.15) is 0 Å². The number of methoxy groups -OCH3 is 1. The lowest BCUT2D eigenvalue weighted by atomic mass is 10.2. The first-order valence-electron chi connectivity index (χ1n) is 6.02. The minimum atomic E-state index is -1.09. The lowest BCUT2D eigenvalue weighted by Crippen LogP contribution is -2.32. The number of hydrogen-bond acceptors (Lipinski definition) is 5. The van der Waals surface area contributed by atoms with E-state index < -0.39 is 11.8 Å². The van der Waals surface area contributed by atoms with Crippen LogP contribution < -0.4 is 20.6 Å². The molecule has 1 rings (SSSR count). The van der Waals surface area contributed by atoms with E-state index in [9.17, 15) is 9.59 Å². The van der Waals surface area contributed by atoms with Crippen LogP contribution >= 0.6 is 0 Å². The van der Waals surface area contributed by atoms with Gasteiger partial charge in [-0.15, -0.1) is 0 Å². The zero-order valence-corrected chi connectivity index (χ0v) is 11.4. The highest BCUT2D eigenvalue weighted by Gasteiger charge is 2.06. The van der Waals surface area contributed by atoms with E-state index >= 15 is 0 Å². The number of rotatable bonds is 6. The normalized spacial score (nSPS) is 10.3. The summed E-state index contributed by atoms with van der Waals surface area (Å²) in [6, 6.07) is 5.18. The molecule has 2 amide bonds. The number of hydrogen-bond donors (Lipinski definition) is 2. The molecule has 108 valence electrons. The maximum Gasteiger partial charge on any atom is 0.329 e. The third-order valence-corrected chi connectivity index (χ3v) is 2.25. The molecule has 7 nitrogen and oxygen atoms in total. The summed E-state index contributed by atoms with van der Waals surface area (Å²) in [4.78, 5) is 21.4. The smallest absolute Gasteiger partial charge is 0.329 e. The molecule has 0 atom stereocenters. The van der Waals surface area contributed by atoms with E-state index in [-0.39, 0.29) is 0 Å². The van der Waals surface area contributed by atoms with E-state index in [2.05, 4.69) is 5.10 Å². The van der Waals surface area contributed by atoms with Gasteiger partial charge < -0.3 is 15.2 Å². The van der Waals surface area contributed by atoms with Gasteiger partial charge in [0.15, 0.2) is 11.5 Å². The van der Waals surface area contributed by atoms with Crippen molar-refractivity contribution < 1.29 is 19.1 Å². The Morgan fingerprint density at radius 2 is 2.15 bits per heavy atom. The van der Waals surface area contributed by atoms with E-state index in [1.807, 2.05) is 12.3 Å². The predicted molar refractivity (Wildman–Crippen MR) is 73.7 cm³/mol. The predicted octanol–water partition coefficient (Wildman–Crippen LogP) is 0.419. The maximum atomic E-state index is 10.9. The number of nitrogens with zero attached hydrogens (tertiary/aromatic N) is 1. The van der Waals surface area contributed by atoms with Crippen LogP contribution in [0.1, 0.15) is 18.9 Å². The molecule has 3 N–H and O–H groups in total. The van der Waals surface area contributed by atoms with Gasteiger partial charge in [-0.3, -0.25) is 9.59 Å². The number of benzene rings is 1. The van der Waals surface area contributed by atoms with Crippen LogP contribution in [0.2, 0.25) is 0 Å². The Balaban J connectivity index is 2.74. The number of ether oxygens (including phenoxy) is 2. The van der Waals surface area contributed by atoms with Crippen LogP contribution in [0.25, 0.3) is 0 Å². The number of carbonyl (C=O) groups is 2. The first kappa shape index (κ1) is 15.5. The molecule has 0 aliphatic heterocycles. The highest BCUT2D eigenvalue weighted by molar-refractivity contribution is 6.34. The second-order valence-corrected chi connectivity index (χ2v) is 3.82. The van der Waals surface area contributed by atoms with Gasteiger partial charge in [-0.25, -0.2) is 5.43 Å². The quantitative estimate of drug-likeness (QED) is 0.447. The maximum absolute atomic E-state index is 10.9. The molecular weight excluding hydrogens is 262 g/mol. The molecular formula is C13H17N3O4. The molecule has 20 heavy (non-hydrogen) atoms. The molecule has 0 spiro atoms. The first-order chi connectivity index (χ1) is 9.58. The Hall–Kier alpha value is -2.57. The van der Waals surface area contributed by atoms with Gasteiger partial charge in [-0.05, 0) is 30.2 Å². The van der Waals surface area contributed by atoms with Gasteiger partial charge >= 0.3 is 11.8 Å². The average Bonchev–Trinajstić information content (AvgIpc) is 2.45. The second-order valence-electron chi connectivity index (χ2n) is 3.82. The number of amides is 2. The molecule has 0 aliphatic carbocycles. The lowest BCUT2D eigenvalue weighted by molar-refractivity contribution is -0.137. The van der Waals surface area contributed by atoms with E-state index in [0.29, 0.717) is 23.7 Å². The zero-order chi connectivity index (χ0) is 15.0. The van der Waals surface area contributed by atoms with Crippen molar-refractivity contribution >= 4 is 18.0 Å². The fourth-order valence-corrected chi connectivity index (χ4v) is 1.32. The summed E-state index contributed by atoms with van der Waals surface area (Å²) < 4.78 is 10.7. The molecule has 0 bridgehead atoms. The van der Waals surface area contributed by atoms with Crippen molar-refractivity contribution in [2.24, 2.45) is 10.8 Å². The third kappa shape index (κ3) is 4.60. The molecule has 0 unspecified atom stereocenters. The highest BCUT2D eigenvalue weighted by Crippen LogP contribution is 2.27. The van der Waals surface area contributed by atoms with Crippen LogP contribution in [0.15, 0.2) is 23.3 Å². The van der Waals surface area contributed by atoms with Crippen LogP contribution in [-0.4, -0.2) is 31.7 Å². The van der Waals surface area contributed by atoms with Crippen LogP contribution in [-0.2, 0) is 9.59 Å². The number of primary amides is 1. The Kier molecular flexibility index (Phi) is 6.02. The van der Waals surface area contributed by atoms with Crippen LogP contribution in [0.3, 0.4) is 0 Å². The average molecular weight is 279 g/mol. The van der Waals surface area contributed by atoms with Gasteiger partial charge in [0, 0.05) is 0 Å². The molecule has 1 aromatic rings. The molecule has 0 fully saturated rings. The van der Waals surface area contributed by atoms with Crippen molar-refractivity contribution in [3.05, 3.63) is 23.8 Å². The number of hydrazone groups is 1. The van der Waals surface area contributed by atoms with E-state index in [1.54, 1.807) is 18.2 Å². The van der Waals surface area contributed by atoms with Crippen molar-refractivity contribution in [1.82, 2.24) is 5.43 Å². The summed E-state index contributed by atoms with van der Waals surface area (Å²) in [6.07, 6.45) is 2.26. The Morgan fingerprint density at radius 1 is 1.40 bits per heavy atom. The summed E-state index contributed by atoms with van der Waals surface area (Å²) in [5.41, 5.74) is 7.44. The number of nitrogens with one attached hydrogen (secondary N) is 1. The standard InChI is InChI=1S/C13H17N3O4/c1-3-6-20-10-5-4-9(7-11(10)19-2)8-15-16-13(18)12(14)17/h4-5,7-8H,3,6H2,1-2H3,(H2,14,17)(H,16,18)/b15-8+. The summed E-state index contributed by atoms with van der Waals surface area (Å²) in [6.45, 7) is 2.60. The van der Waals surface area contributed by atoms with Gasteiger partial charge in [0.2, 0.25) is 0 Å². The summed E-state index contributed by atoms with van der Waals surface area (Å²) >= 11 is 0. The van der Waals surface area contributed by atoms with Crippen molar-refractivity contribution in [1.29, 1.82) is 0 Å². The number of nitrogens with two attached hydrogens (primary N) is 1. The molecule has 0 aliphatic rings. The highest BCUT2D eigenvalue weighted by atomic mass is 16.5. The van der Waals surface area contributed by atoms with Crippen molar-refractivity contribution in [2.75, 3.05) is 13.7 Å². The van der Waals surface area contributed by atoms with Crippen molar-refractivity contribution in [2.45, 2.75) is 13.3 Å². The summed E-state index contributed by atoms with van der Waals surface area (Å²) in [5.74, 6) is -0.879. The summed E-state index contributed by atoms with van der Waals surface area (Å²) in [7, 11) is 1.53. The van der Waals surface area contributed by atoms with Crippen LogP contribution in [0.4, 0.5) is 0 Å². The molecule has 0 saturated carbocycles. The van der Waals surface area contributed by atoms with Crippen molar-refractivity contribution in [3.63, 3.8) is 0 Å². The fourth-order valence-electron chi connectivity index (χ4n) is 1.32. The molecule has 0 heterocycles. The van der Waals surface area contributed by atoms with Gasteiger partial charge in [-0.1, -0.05) is 6.92 Å². The summed E-state index contributed by atoms with van der Waals surface area (Å²) in [5, 5.41) is 3.61. The van der Waals surface area contributed by atoms with Crippen molar-refractivity contribution in [3.8, 4) is 11.5 Å². The lowest BCUT2D eigenvalue weighted by Gasteiger charge is -2.10. The van der Waals surface area contributed by atoms with Crippen LogP contribution in [0, 0.1) is 0 Å². The molecule has 0 aromatic heterocycles. The topological polar surface area (TPSA) is 103 Å². The van der Waals surface area contributed by atoms with Gasteiger partial charge in [0.05, 0.1) is 19.9 Å². The molecule has 1 aromatic carbocycles. The van der Waals surface area contributed by atoms with Crippen LogP contribution in [0.5, 0.6) is 11.5 Å². The molecule has 0 saturated heterocycles. The van der Waals surface area contributed by atoms with E-state index in [4.69, 9.17) is 15.2 Å². The third-order valence-electron chi connectivity index (χ3n) is 2.25. The Labute approximate surface area is 116 Å². The SMILES string of the molecule is CCCOc1ccc(/C=N/NC(=O)C(N)=O)cc1OC. The monoisotopic (exact) mass is 279 g/mol. The van der Waals surface area contributed by atoms with E-state index in [1.165, 1.54) is 13.3 Å².